The molecule has 5 heterocycles. The van der Waals surface area contributed by atoms with Crippen molar-refractivity contribution in [3.05, 3.63) is 54.5 Å². The molecule has 2 aromatic heterocycles. The van der Waals surface area contributed by atoms with Crippen LogP contribution in [0.2, 0.25) is 0 Å². The zero-order valence-corrected chi connectivity index (χ0v) is 23.2. The number of halogens is 3. The molecule has 0 bridgehead atoms. The summed E-state index contributed by atoms with van der Waals surface area (Å²) in [6.45, 7) is 5.43. The van der Waals surface area contributed by atoms with Crippen molar-refractivity contribution in [3.8, 4) is 16.9 Å². The topological polar surface area (TPSA) is 99.0 Å². The van der Waals surface area contributed by atoms with Crippen molar-refractivity contribution >= 4 is 29.0 Å². The van der Waals surface area contributed by atoms with Crippen LogP contribution < -0.4 is 15.0 Å². The largest absolute Gasteiger partial charge is 0.487 e. The molecule has 3 aromatic rings. The van der Waals surface area contributed by atoms with Crippen molar-refractivity contribution in [2.24, 2.45) is 0 Å². The third kappa shape index (κ3) is 6.45. The van der Waals surface area contributed by atoms with E-state index in [1.807, 2.05) is 22.0 Å². The van der Waals surface area contributed by atoms with Gasteiger partial charge in [-0.25, -0.2) is 15.0 Å². The molecule has 41 heavy (non-hydrogen) atoms. The number of pyridine rings is 1. The van der Waals surface area contributed by atoms with Crippen molar-refractivity contribution in [1.29, 1.82) is 0 Å². The molecule has 3 aliphatic rings. The number of carbonyl (C=O) groups is 1. The number of hydrazine groups is 1. The first kappa shape index (κ1) is 27.8. The average molecular weight is 588 g/mol. The number of β-amino-alcohol motifs (C(OH)–C–C–N with tert-alkyl or cyclic N) is 1. The number of aliphatic hydroxyl groups excluding tert-OH is 1. The number of benzene rings is 1. The molecule has 10 nitrogen and oxygen atoms in total. The molecule has 0 spiro atoms. The van der Waals surface area contributed by atoms with Crippen molar-refractivity contribution in [3.63, 3.8) is 0 Å². The van der Waals surface area contributed by atoms with Crippen LogP contribution in [0.25, 0.3) is 11.1 Å². The van der Waals surface area contributed by atoms with Gasteiger partial charge in [-0.3, -0.25) is 9.48 Å². The molecule has 2 N–H and O–H groups in total. The highest BCUT2D eigenvalue weighted by Gasteiger charge is 2.30. The number of piperidine rings is 1. The molecule has 0 radical (unpaired) electrons. The Labute approximate surface area is 241 Å². The molecule has 1 aromatic carbocycles. The maximum absolute atomic E-state index is 13.2. The van der Waals surface area contributed by atoms with Gasteiger partial charge in [0.25, 0.3) is 5.91 Å². The normalized spacial score (nSPS) is 20.7. The van der Waals surface area contributed by atoms with Crippen LogP contribution in [0.3, 0.4) is 0 Å². The Bertz CT molecular complexity index is 1370. The second kappa shape index (κ2) is 11.5. The minimum absolute atomic E-state index is 0.132. The predicted molar refractivity (Wildman–Crippen MR) is 150 cm³/mol. The van der Waals surface area contributed by atoms with E-state index in [1.165, 1.54) is 36.9 Å². The number of alkyl halides is 3. The molecular formula is C28H32ClF2N7O3. The molecule has 0 unspecified atom stereocenters. The molecule has 0 aliphatic carbocycles. The van der Waals surface area contributed by atoms with Gasteiger partial charge in [-0.15, -0.1) is 8.78 Å². The molecule has 3 saturated heterocycles. The van der Waals surface area contributed by atoms with E-state index in [9.17, 15) is 18.7 Å². The fourth-order valence-electron chi connectivity index (χ4n) is 5.58. The zero-order chi connectivity index (χ0) is 28.6. The maximum Gasteiger partial charge on any atom is 0.487 e. The number of hydrogen-bond donors (Lipinski definition) is 2. The standard InChI is InChI=1S/C28H32ClF2N7O3/c29-28(30,31)41-24-4-2-21(3-5-24)34-27(40)19-14-25(26(32-15-19)35-11-8-23(39)18-35)20-16-33-38(17-20)22-6-12-37(13-7-22)36-9-1-10-36/h2-5,14-17,22-23,39H,1,6-13,18H2,(H,34,40)/t23-/m1/s1. The van der Waals surface area contributed by atoms with Gasteiger partial charge >= 0.3 is 5.57 Å². The molecule has 3 aliphatic heterocycles. The first-order valence-electron chi connectivity index (χ1n) is 13.9. The van der Waals surface area contributed by atoms with E-state index >= 15 is 0 Å². The minimum Gasteiger partial charge on any atom is -0.420 e. The molecule has 1 atom stereocenters. The third-order valence-electron chi connectivity index (χ3n) is 7.90. The van der Waals surface area contributed by atoms with Crippen molar-refractivity contribution in [1.82, 2.24) is 24.8 Å². The Morgan fingerprint density at radius 1 is 1.05 bits per heavy atom. The zero-order valence-electron chi connectivity index (χ0n) is 22.4. The SMILES string of the molecule is O=C(Nc1ccc(OC(F)(F)Cl)cc1)c1cnc(N2CC[C@@H](O)C2)c(-c2cnn(C3CCN(N4CCC4)CC3)c2)c1. The summed E-state index contributed by atoms with van der Waals surface area (Å²) in [4.78, 5) is 19.8. The smallest absolute Gasteiger partial charge is 0.420 e. The van der Waals surface area contributed by atoms with Crippen LogP contribution in [-0.2, 0) is 0 Å². The lowest BCUT2D eigenvalue weighted by molar-refractivity contribution is -0.0964. The number of aliphatic hydroxyl groups is 1. The highest BCUT2D eigenvalue weighted by atomic mass is 35.5. The number of rotatable bonds is 8. The molecule has 3 fully saturated rings. The lowest BCUT2D eigenvalue weighted by atomic mass is 10.1. The van der Waals surface area contributed by atoms with Crippen molar-refractivity contribution in [2.75, 3.05) is 49.5 Å². The van der Waals surface area contributed by atoms with Crippen LogP contribution in [0.15, 0.2) is 48.9 Å². The summed E-state index contributed by atoms with van der Waals surface area (Å²) >= 11 is 4.82. The maximum atomic E-state index is 13.2. The first-order valence-corrected chi connectivity index (χ1v) is 14.2. The van der Waals surface area contributed by atoms with E-state index in [1.54, 1.807) is 6.07 Å². The number of aromatic nitrogens is 3. The summed E-state index contributed by atoms with van der Waals surface area (Å²) in [7, 11) is 0. The van der Waals surface area contributed by atoms with Crippen LogP contribution >= 0.6 is 11.6 Å². The summed E-state index contributed by atoms with van der Waals surface area (Å²) in [6, 6.07) is 7.55. The molecular weight excluding hydrogens is 556 g/mol. The summed E-state index contributed by atoms with van der Waals surface area (Å²) < 4.78 is 32.1. The summed E-state index contributed by atoms with van der Waals surface area (Å²) in [5.74, 6) is 0.148. The minimum atomic E-state index is -3.82. The van der Waals surface area contributed by atoms with Crippen LogP contribution in [0.1, 0.15) is 42.1 Å². The van der Waals surface area contributed by atoms with E-state index in [-0.39, 0.29) is 5.75 Å². The second-order valence-corrected chi connectivity index (χ2v) is 11.2. The molecule has 218 valence electrons. The summed E-state index contributed by atoms with van der Waals surface area (Å²) in [5, 5.41) is 22.5. The van der Waals surface area contributed by atoms with Gasteiger partial charge in [0.15, 0.2) is 0 Å². The highest BCUT2D eigenvalue weighted by molar-refractivity contribution is 6.20. The van der Waals surface area contributed by atoms with E-state index in [4.69, 9.17) is 16.7 Å². The van der Waals surface area contributed by atoms with Gasteiger partial charge in [-0.2, -0.15) is 5.10 Å². The quantitative estimate of drug-likeness (QED) is 0.379. The number of anilines is 2. The summed E-state index contributed by atoms with van der Waals surface area (Å²) in [5.41, 5.74) is -1.50. The highest BCUT2D eigenvalue weighted by Crippen LogP contribution is 2.34. The molecule has 13 heteroatoms. The number of carbonyl (C=O) groups excluding carboxylic acids is 1. The second-order valence-electron chi connectivity index (χ2n) is 10.7. The van der Waals surface area contributed by atoms with Crippen LogP contribution in [0.5, 0.6) is 5.75 Å². The monoisotopic (exact) mass is 587 g/mol. The van der Waals surface area contributed by atoms with Gasteiger partial charge in [0.2, 0.25) is 0 Å². The lowest BCUT2D eigenvalue weighted by Crippen LogP contribution is -2.53. The molecule has 6 rings (SSSR count). The van der Waals surface area contributed by atoms with E-state index in [0.717, 1.165) is 50.1 Å². The van der Waals surface area contributed by atoms with Crippen LogP contribution in [0, 0.1) is 0 Å². The number of nitrogens with zero attached hydrogens (tertiary/aromatic N) is 6. The predicted octanol–water partition coefficient (Wildman–Crippen LogP) is 4.19. The fraction of sp³-hybridized carbons (Fsp3) is 0.464. The Kier molecular flexibility index (Phi) is 7.82. The van der Waals surface area contributed by atoms with Gasteiger partial charge in [0.1, 0.15) is 11.6 Å². The van der Waals surface area contributed by atoms with Crippen LogP contribution in [-0.4, -0.2) is 86.7 Å². The van der Waals surface area contributed by atoms with E-state index < -0.39 is 17.6 Å². The van der Waals surface area contributed by atoms with E-state index in [2.05, 4.69) is 25.1 Å². The van der Waals surface area contributed by atoms with Gasteiger partial charge < -0.3 is 20.1 Å². The van der Waals surface area contributed by atoms with Gasteiger partial charge in [-0.05, 0) is 56.0 Å². The van der Waals surface area contributed by atoms with Crippen LogP contribution in [0.4, 0.5) is 20.3 Å². The lowest BCUT2D eigenvalue weighted by Gasteiger charge is -2.44. The summed E-state index contributed by atoms with van der Waals surface area (Å²) in [6.07, 6.45) is 8.82. The Balaban J connectivity index is 1.21. The Morgan fingerprint density at radius 3 is 2.41 bits per heavy atom. The number of ether oxygens (including phenoxy) is 1. The van der Waals surface area contributed by atoms with Gasteiger partial charge in [-0.1, -0.05) is 0 Å². The molecule has 0 saturated carbocycles. The number of nitrogens with one attached hydrogen (secondary N) is 1. The number of amides is 1. The third-order valence-corrected chi connectivity index (χ3v) is 7.97. The van der Waals surface area contributed by atoms with Gasteiger partial charge in [0.05, 0.1) is 23.9 Å². The Hall–Kier alpha value is -3.32. The average Bonchev–Trinajstić information content (AvgIpc) is 3.58. The van der Waals surface area contributed by atoms with Crippen molar-refractivity contribution in [2.45, 2.75) is 43.4 Å². The van der Waals surface area contributed by atoms with Gasteiger partial charge in [0, 0.05) is 80.1 Å². The first-order chi connectivity index (χ1) is 19.7. The Morgan fingerprint density at radius 2 is 1.78 bits per heavy atom. The van der Waals surface area contributed by atoms with E-state index in [0.29, 0.717) is 42.6 Å². The molecule has 1 amide bonds. The fourth-order valence-corrected chi connectivity index (χ4v) is 5.67. The number of hydrogen-bond acceptors (Lipinski definition) is 8. The van der Waals surface area contributed by atoms with Crippen molar-refractivity contribution < 1.29 is 23.4 Å².